The van der Waals surface area contributed by atoms with Gasteiger partial charge in [-0.15, -0.1) is 11.3 Å². The molecule has 0 bridgehead atoms. The van der Waals surface area contributed by atoms with Crippen molar-refractivity contribution in [2.45, 2.75) is 31.5 Å². The predicted molar refractivity (Wildman–Crippen MR) is 125 cm³/mol. The molecular formula is C25H22F3N3O4S. The third-order valence-corrected chi connectivity index (χ3v) is 7.25. The number of amides is 2. The van der Waals surface area contributed by atoms with Crippen LogP contribution in [0.1, 0.15) is 55.7 Å². The van der Waals surface area contributed by atoms with Gasteiger partial charge in [0.25, 0.3) is 11.8 Å². The summed E-state index contributed by atoms with van der Waals surface area (Å²) >= 11 is 1.37. The molecule has 0 atom stereocenters. The van der Waals surface area contributed by atoms with Crippen molar-refractivity contribution >= 4 is 23.2 Å². The van der Waals surface area contributed by atoms with Crippen LogP contribution in [0.3, 0.4) is 0 Å². The second-order valence-electron chi connectivity index (χ2n) is 8.55. The van der Waals surface area contributed by atoms with Crippen LogP contribution in [0.15, 0.2) is 47.8 Å². The van der Waals surface area contributed by atoms with Gasteiger partial charge in [0.1, 0.15) is 5.69 Å². The lowest BCUT2D eigenvalue weighted by molar-refractivity contribution is -0.138. The molecule has 188 valence electrons. The Morgan fingerprint density at radius 1 is 1.08 bits per heavy atom. The van der Waals surface area contributed by atoms with E-state index in [4.69, 9.17) is 9.47 Å². The van der Waals surface area contributed by atoms with Gasteiger partial charge in [-0.05, 0) is 42.7 Å². The lowest BCUT2D eigenvalue weighted by atomic mass is 9.96. The van der Waals surface area contributed by atoms with Crippen molar-refractivity contribution in [3.8, 4) is 11.5 Å². The first-order valence-electron chi connectivity index (χ1n) is 11.4. The maximum Gasteiger partial charge on any atom is 0.417 e. The van der Waals surface area contributed by atoms with Crippen LogP contribution in [-0.4, -0.2) is 41.6 Å². The van der Waals surface area contributed by atoms with Crippen molar-refractivity contribution in [3.63, 3.8) is 0 Å². The van der Waals surface area contributed by atoms with Crippen LogP contribution in [0.4, 0.5) is 13.2 Å². The van der Waals surface area contributed by atoms with Gasteiger partial charge >= 0.3 is 6.18 Å². The zero-order valence-electron chi connectivity index (χ0n) is 19.0. The lowest BCUT2D eigenvalue weighted by Crippen LogP contribution is -2.38. The molecule has 2 amide bonds. The van der Waals surface area contributed by atoms with Crippen LogP contribution in [-0.2, 0) is 12.7 Å². The Morgan fingerprint density at radius 2 is 1.83 bits per heavy atom. The Hall–Kier alpha value is -3.60. The van der Waals surface area contributed by atoms with Crippen molar-refractivity contribution in [3.05, 3.63) is 75.2 Å². The first kappa shape index (κ1) is 24.1. The van der Waals surface area contributed by atoms with Gasteiger partial charge in [-0.3, -0.25) is 9.59 Å². The number of carbonyl (C=O) groups is 2. The van der Waals surface area contributed by atoms with E-state index in [1.54, 1.807) is 11.4 Å². The number of aromatic nitrogens is 1. The van der Waals surface area contributed by atoms with E-state index in [1.165, 1.54) is 34.4 Å². The summed E-state index contributed by atoms with van der Waals surface area (Å²) in [5.41, 5.74) is -0.0758. The normalized spacial score (nSPS) is 15.7. The van der Waals surface area contributed by atoms with Crippen molar-refractivity contribution in [2.24, 2.45) is 0 Å². The van der Waals surface area contributed by atoms with E-state index >= 15 is 0 Å². The monoisotopic (exact) mass is 517 g/mol. The number of carbonyl (C=O) groups excluding carboxylic acids is 2. The molecule has 36 heavy (non-hydrogen) atoms. The van der Waals surface area contributed by atoms with Crippen LogP contribution in [0.25, 0.3) is 0 Å². The van der Waals surface area contributed by atoms with Gasteiger partial charge in [-0.2, -0.15) is 13.2 Å². The molecular weight excluding hydrogens is 495 g/mol. The largest absolute Gasteiger partial charge is 0.454 e. The summed E-state index contributed by atoms with van der Waals surface area (Å²) in [7, 11) is 0. The topological polar surface area (TPSA) is 80.8 Å². The number of fused-ring (bicyclic) bond motifs is 1. The fourth-order valence-corrected chi connectivity index (χ4v) is 5.29. The number of piperidine rings is 1. The minimum Gasteiger partial charge on any atom is -0.454 e. The van der Waals surface area contributed by atoms with E-state index in [0.717, 1.165) is 16.6 Å². The van der Waals surface area contributed by atoms with Crippen LogP contribution >= 0.6 is 11.3 Å². The zero-order chi connectivity index (χ0) is 25.3. The van der Waals surface area contributed by atoms with Gasteiger partial charge in [-0.25, -0.2) is 4.98 Å². The second-order valence-corrected chi connectivity index (χ2v) is 9.44. The van der Waals surface area contributed by atoms with Crippen LogP contribution in [0.2, 0.25) is 0 Å². The molecule has 0 radical (unpaired) electrons. The van der Waals surface area contributed by atoms with E-state index in [2.05, 4.69) is 10.3 Å². The summed E-state index contributed by atoms with van der Waals surface area (Å²) in [6.07, 6.45) is -3.47. The molecule has 0 spiro atoms. The van der Waals surface area contributed by atoms with E-state index in [-0.39, 0.29) is 24.2 Å². The van der Waals surface area contributed by atoms with Crippen LogP contribution < -0.4 is 14.8 Å². The molecule has 1 N–H and O–H groups in total. The molecule has 2 aliphatic rings. The third-order valence-electron chi connectivity index (χ3n) is 6.24. The highest BCUT2D eigenvalue weighted by atomic mass is 32.1. The second kappa shape index (κ2) is 9.81. The SMILES string of the molecule is O=C(NCc1ccc2c(c1)OCO2)c1csc(C2CCN(C(=O)c3ccccc3C(F)(F)F)CC2)n1. The fraction of sp³-hybridized carbons (Fsp3) is 0.320. The summed E-state index contributed by atoms with van der Waals surface area (Å²) in [6, 6.07) is 10.3. The molecule has 0 unspecified atom stereocenters. The molecule has 2 aliphatic heterocycles. The maximum atomic E-state index is 13.3. The number of alkyl halides is 3. The highest BCUT2D eigenvalue weighted by Crippen LogP contribution is 2.35. The number of thiazole rings is 1. The minimum atomic E-state index is -4.59. The Balaban J connectivity index is 1.16. The molecule has 3 heterocycles. The number of nitrogens with zero attached hydrogens (tertiary/aromatic N) is 2. The Kier molecular flexibility index (Phi) is 6.57. The smallest absolute Gasteiger partial charge is 0.417 e. The summed E-state index contributed by atoms with van der Waals surface area (Å²) in [5.74, 6) is 0.430. The van der Waals surface area contributed by atoms with Gasteiger partial charge in [0.05, 0.1) is 16.1 Å². The molecule has 1 aromatic heterocycles. The van der Waals surface area contributed by atoms with Gasteiger partial charge in [0.15, 0.2) is 11.5 Å². The number of halogens is 3. The van der Waals surface area contributed by atoms with Crippen molar-refractivity contribution in [2.75, 3.05) is 19.9 Å². The van der Waals surface area contributed by atoms with Crippen LogP contribution in [0.5, 0.6) is 11.5 Å². The Morgan fingerprint density at radius 3 is 2.61 bits per heavy atom. The lowest BCUT2D eigenvalue weighted by Gasteiger charge is -2.31. The van der Waals surface area contributed by atoms with E-state index in [1.807, 2.05) is 12.1 Å². The first-order valence-corrected chi connectivity index (χ1v) is 12.2. The standard InChI is InChI=1S/C25H22F3N3O4S/c26-25(27,28)18-4-2-1-3-17(18)24(33)31-9-7-16(8-10-31)23-30-19(13-36-23)22(32)29-12-15-5-6-20-21(11-15)35-14-34-20/h1-6,11,13,16H,7-10,12,14H2,(H,29,32). The molecule has 1 fully saturated rings. The molecule has 11 heteroatoms. The number of hydrogen-bond acceptors (Lipinski definition) is 6. The van der Waals surface area contributed by atoms with E-state index in [0.29, 0.717) is 49.7 Å². The Bertz CT molecular complexity index is 1290. The summed E-state index contributed by atoms with van der Waals surface area (Å²) in [4.78, 5) is 31.3. The van der Waals surface area contributed by atoms with Crippen molar-refractivity contribution in [1.82, 2.24) is 15.2 Å². The maximum absolute atomic E-state index is 13.3. The number of likely N-dealkylation sites (tertiary alicyclic amines) is 1. The molecule has 2 aromatic carbocycles. The average Bonchev–Trinajstić information content (AvgIpc) is 3.56. The molecule has 5 rings (SSSR count). The van der Waals surface area contributed by atoms with Crippen molar-refractivity contribution in [1.29, 1.82) is 0 Å². The predicted octanol–water partition coefficient (Wildman–Crippen LogP) is 4.84. The summed E-state index contributed by atoms with van der Waals surface area (Å²) < 4.78 is 50.6. The van der Waals surface area contributed by atoms with E-state index < -0.39 is 17.6 Å². The number of rotatable bonds is 5. The molecule has 3 aromatic rings. The zero-order valence-corrected chi connectivity index (χ0v) is 19.8. The quantitative estimate of drug-likeness (QED) is 0.524. The van der Waals surface area contributed by atoms with Gasteiger partial charge in [0, 0.05) is 30.9 Å². The molecule has 0 aliphatic carbocycles. The number of ether oxygens (including phenoxy) is 2. The van der Waals surface area contributed by atoms with Gasteiger partial charge in [0.2, 0.25) is 6.79 Å². The van der Waals surface area contributed by atoms with Gasteiger partial charge < -0.3 is 19.7 Å². The Labute approximate surface area is 208 Å². The minimum absolute atomic E-state index is 0.0346. The highest BCUT2D eigenvalue weighted by Gasteiger charge is 2.36. The van der Waals surface area contributed by atoms with Crippen molar-refractivity contribution < 1.29 is 32.2 Å². The highest BCUT2D eigenvalue weighted by molar-refractivity contribution is 7.09. The number of nitrogens with one attached hydrogen (secondary N) is 1. The van der Waals surface area contributed by atoms with E-state index in [9.17, 15) is 22.8 Å². The average molecular weight is 518 g/mol. The summed E-state index contributed by atoms with van der Waals surface area (Å²) in [6.45, 7) is 1.13. The summed E-state index contributed by atoms with van der Waals surface area (Å²) in [5, 5.41) is 5.32. The third kappa shape index (κ3) is 5.01. The van der Waals surface area contributed by atoms with Gasteiger partial charge in [-0.1, -0.05) is 18.2 Å². The fourth-order valence-electron chi connectivity index (χ4n) is 4.32. The molecule has 0 saturated carbocycles. The first-order chi connectivity index (χ1) is 17.3. The van der Waals surface area contributed by atoms with Crippen LogP contribution in [0, 0.1) is 0 Å². The number of hydrogen-bond donors (Lipinski definition) is 1. The molecule has 7 nitrogen and oxygen atoms in total. The number of benzene rings is 2. The molecule has 1 saturated heterocycles.